The lowest BCUT2D eigenvalue weighted by atomic mass is 10.2. The normalized spacial score (nSPS) is 11.2. The van der Waals surface area contributed by atoms with Gasteiger partial charge in [-0.25, -0.2) is 4.79 Å². The number of carbonyl (C=O) groups excluding carboxylic acids is 1. The fourth-order valence-electron chi connectivity index (χ4n) is 2.94. The Bertz CT molecular complexity index is 1190. The second-order valence-corrected chi connectivity index (χ2v) is 8.31. The molecule has 0 amide bonds. The monoisotopic (exact) mass is 440 g/mol. The molecule has 0 aliphatic carbocycles. The molecule has 0 bridgehead atoms. The minimum atomic E-state index is -0.585. The van der Waals surface area contributed by atoms with Crippen LogP contribution in [0.1, 0.15) is 22.9 Å². The van der Waals surface area contributed by atoms with E-state index in [9.17, 15) is 14.4 Å². The van der Waals surface area contributed by atoms with Crippen LogP contribution in [0.15, 0.2) is 27.8 Å². The molecule has 0 atom stereocenters. The predicted octanol–water partition coefficient (Wildman–Crippen LogP) is 3.76. The lowest BCUT2D eigenvalue weighted by Crippen LogP contribution is -2.41. The molecule has 6 nitrogen and oxygen atoms in total. The molecule has 0 aliphatic rings. The maximum absolute atomic E-state index is 13.1. The largest absolute Gasteiger partial charge is 0.465 e. The summed E-state index contributed by atoms with van der Waals surface area (Å²) in [5, 5.41) is 1.24. The van der Waals surface area contributed by atoms with E-state index in [1.807, 2.05) is 13.8 Å². The van der Waals surface area contributed by atoms with E-state index in [0.717, 1.165) is 15.0 Å². The first-order valence-corrected chi connectivity index (χ1v) is 10.1. The third-order valence-corrected chi connectivity index (χ3v) is 6.29. The van der Waals surface area contributed by atoms with Gasteiger partial charge in [0.2, 0.25) is 0 Å². The smallest absolute Gasteiger partial charge is 0.332 e. The van der Waals surface area contributed by atoms with Crippen LogP contribution in [0, 0.1) is 13.8 Å². The molecule has 2 aromatic heterocycles. The second kappa shape index (κ2) is 8.11. The van der Waals surface area contributed by atoms with Crippen LogP contribution in [-0.2, 0) is 22.6 Å². The van der Waals surface area contributed by atoms with E-state index < -0.39 is 17.2 Å². The quantitative estimate of drug-likeness (QED) is 0.566. The van der Waals surface area contributed by atoms with E-state index in [2.05, 4.69) is 0 Å². The summed E-state index contributed by atoms with van der Waals surface area (Å²) < 4.78 is 7.38. The third kappa shape index (κ3) is 3.74. The summed E-state index contributed by atoms with van der Waals surface area (Å²) in [6, 6.07) is 4.87. The molecule has 3 rings (SSSR count). The number of fused-ring (bicyclic) bond motifs is 1. The molecule has 0 radical (unpaired) electrons. The van der Waals surface area contributed by atoms with Crippen molar-refractivity contribution in [3.63, 3.8) is 0 Å². The summed E-state index contributed by atoms with van der Waals surface area (Å²) >= 11 is 13.5. The molecule has 0 saturated carbocycles. The fourth-order valence-corrected chi connectivity index (χ4v) is 4.55. The van der Waals surface area contributed by atoms with E-state index in [0.29, 0.717) is 25.8 Å². The molecule has 3 aromatic rings. The topological polar surface area (TPSA) is 70.3 Å². The van der Waals surface area contributed by atoms with E-state index in [1.165, 1.54) is 15.9 Å². The van der Waals surface area contributed by atoms with Gasteiger partial charge in [0.15, 0.2) is 0 Å². The minimum Gasteiger partial charge on any atom is -0.465 e. The summed E-state index contributed by atoms with van der Waals surface area (Å²) in [7, 11) is 0. The van der Waals surface area contributed by atoms with Crippen molar-refractivity contribution in [2.24, 2.45) is 0 Å². The molecule has 0 spiro atoms. The van der Waals surface area contributed by atoms with Crippen molar-refractivity contribution in [3.8, 4) is 0 Å². The van der Waals surface area contributed by atoms with Gasteiger partial charge in [-0.15, -0.1) is 11.3 Å². The predicted molar refractivity (Wildman–Crippen MR) is 112 cm³/mol. The SMILES string of the molecule is CCOC(=O)Cn1c(=O)n(Cc2ccc(Cl)cc2Cl)c(=O)c2c(C)c(C)sc21. The van der Waals surface area contributed by atoms with Crippen molar-refractivity contribution in [2.45, 2.75) is 33.9 Å². The highest BCUT2D eigenvalue weighted by Gasteiger charge is 2.21. The molecule has 0 fully saturated rings. The number of thiophene rings is 1. The minimum absolute atomic E-state index is 0.0270. The van der Waals surface area contributed by atoms with Gasteiger partial charge in [-0.05, 0) is 44.0 Å². The standard InChI is InChI=1S/C19H18Cl2N2O4S/c1-4-27-15(24)9-23-18-16(10(2)11(3)28-18)17(25)22(19(23)26)8-12-5-6-13(20)7-14(12)21/h5-7H,4,8-9H2,1-3H3. The summed E-state index contributed by atoms with van der Waals surface area (Å²) in [5.74, 6) is -0.538. The first-order chi connectivity index (χ1) is 13.2. The number of esters is 1. The molecule has 9 heteroatoms. The van der Waals surface area contributed by atoms with Crippen LogP contribution in [0.4, 0.5) is 0 Å². The summed E-state index contributed by atoms with van der Waals surface area (Å²) in [5.41, 5.74) is 0.376. The van der Waals surface area contributed by atoms with Crippen LogP contribution >= 0.6 is 34.5 Å². The number of ether oxygens (including phenoxy) is 1. The van der Waals surface area contributed by atoms with Crippen molar-refractivity contribution >= 4 is 50.7 Å². The number of aryl methyl sites for hydroxylation is 2. The average molecular weight is 441 g/mol. The van der Waals surface area contributed by atoms with Crippen LogP contribution in [0.25, 0.3) is 10.2 Å². The Morgan fingerprint density at radius 3 is 2.54 bits per heavy atom. The Labute approximate surface area is 174 Å². The van der Waals surface area contributed by atoms with E-state index in [-0.39, 0.29) is 19.7 Å². The Morgan fingerprint density at radius 2 is 1.89 bits per heavy atom. The lowest BCUT2D eigenvalue weighted by Gasteiger charge is -2.13. The number of carbonyl (C=O) groups is 1. The number of aromatic nitrogens is 2. The van der Waals surface area contributed by atoms with Crippen molar-refractivity contribution in [2.75, 3.05) is 6.61 Å². The highest BCUT2D eigenvalue weighted by Crippen LogP contribution is 2.27. The first kappa shape index (κ1) is 20.6. The van der Waals surface area contributed by atoms with Gasteiger partial charge in [-0.3, -0.25) is 18.7 Å². The molecule has 0 unspecified atom stereocenters. The van der Waals surface area contributed by atoms with Gasteiger partial charge in [-0.1, -0.05) is 29.3 Å². The van der Waals surface area contributed by atoms with Gasteiger partial charge in [0.05, 0.1) is 18.5 Å². The number of nitrogens with zero attached hydrogens (tertiary/aromatic N) is 2. The molecule has 0 aliphatic heterocycles. The summed E-state index contributed by atoms with van der Waals surface area (Å²) in [6.45, 7) is 5.31. The lowest BCUT2D eigenvalue weighted by molar-refractivity contribution is -0.143. The number of hydrogen-bond donors (Lipinski definition) is 0. The zero-order chi connectivity index (χ0) is 20.6. The average Bonchev–Trinajstić information content (AvgIpc) is 2.92. The highest BCUT2D eigenvalue weighted by atomic mass is 35.5. The second-order valence-electron chi connectivity index (χ2n) is 6.26. The summed E-state index contributed by atoms with van der Waals surface area (Å²) in [6.07, 6.45) is 0. The van der Waals surface area contributed by atoms with Gasteiger partial charge in [0.25, 0.3) is 5.56 Å². The third-order valence-electron chi connectivity index (χ3n) is 4.47. The molecule has 0 N–H and O–H groups in total. The maximum atomic E-state index is 13.1. The van der Waals surface area contributed by atoms with Crippen LogP contribution < -0.4 is 11.2 Å². The number of rotatable bonds is 5. The highest BCUT2D eigenvalue weighted by molar-refractivity contribution is 7.18. The van der Waals surface area contributed by atoms with Gasteiger partial charge in [0, 0.05) is 14.9 Å². The number of hydrogen-bond acceptors (Lipinski definition) is 5. The molecule has 0 saturated heterocycles. The van der Waals surface area contributed by atoms with Gasteiger partial charge in [0.1, 0.15) is 11.4 Å². The van der Waals surface area contributed by atoms with Gasteiger partial charge < -0.3 is 4.74 Å². The van der Waals surface area contributed by atoms with Crippen LogP contribution in [0.3, 0.4) is 0 Å². The Balaban J connectivity index is 2.25. The Morgan fingerprint density at radius 1 is 1.18 bits per heavy atom. The van der Waals surface area contributed by atoms with E-state index in [4.69, 9.17) is 27.9 Å². The molecular formula is C19H18Cl2N2O4S. The van der Waals surface area contributed by atoms with E-state index >= 15 is 0 Å². The van der Waals surface area contributed by atoms with Crippen LogP contribution in [0.2, 0.25) is 10.0 Å². The van der Waals surface area contributed by atoms with E-state index in [1.54, 1.807) is 25.1 Å². The zero-order valence-corrected chi connectivity index (χ0v) is 17.9. The molecular weight excluding hydrogens is 423 g/mol. The van der Waals surface area contributed by atoms with Crippen LogP contribution in [0.5, 0.6) is 0 Å². The van der Waals surface area contributed by atoms with Gasteiger partial charge in [-0.2, -0.15) is 0 Å². The zero-order valence-electron chi connectivity index (χ0n) is 15.5. The van der Waals surface area contributed by atoms with Crippen molar-refractivity contribution in [3.05, 3.63) is 65.1 Å². The molecule has 2 heterocycles. The number of halogens is 2. The summed E-state index contributed by atoms with van der Waals surface area (Å²) in [4.78, 5) is 39.6. The fraction of sp³-hybridized carbons (Fsp3) is 0.316. The molecule has 1 aromatic carbocycles. The molecule has 28 heavy (non-hydrogen) atoms. The maximum Gasteiger partial charge on any atom is 0.332 e. The van der Waals surface area contributed by atoms with Crippen LogP contribution in [-0.4, -0.2) is 21.7 Å². The van der Waals surface area contributed by atoms with Gasteiger partial charge >= 0.3 is 11.7 Å². The van der Waals surface area contributed by atoms with Crippen molar-refractivity contribution in [1.82, 2.24) is 9.13 Å². The first-order valence-electron chi connectivity index (χ1n) is 8.57. The molecule has 148 valence electrons. The van der Waals surface area contributed by atoms with Crippen molar-refractivity contribution < 1.29 is 9.53 Å². The number of benzene rings is 1. The Kier molecular flexibility index (Phi) is 5.98. The van der Waals surface area contributed by atoms with Crippen molar-refractivity contribution in [1.29, 1.82) is 0 Å². The Hall–Kier alpha value is -2.09.